The molecule has 1 saturated heterocycles. The molecule has 2 aliphatic heterocycles. The highest BCUT2D eigenvalue weighted by atomic mass is 16.6. The van der Waals surface area contributed by atoms with Crippen molar-refractivity contribution >= 4 is 22.7 Å². The van der Waals surface area contributed by atoms with Crippen LogP contribution in [-0.2, 0) is 29.1 Å². The molecule has 3 aromatic carbocycles. The summed E-state index contributed by atoms with van der Waals surface area (Å²) in [5.41, 5.74) is 5.10. The predicted molar refractivity (Wildman–Crippen MR) is 181 cm³/mol. The van der Waals surface area contributed by atoms with Crippen LogP contribution in [0.15, 0.2) is 66.7 Å². The molecule has 0 radical (unpaired) electrons. The van der Waals surface area contributed by atoms with E-state index in [9.17, 15) is 4.79 Å². The van der Waals surface area contributed by atoms with Crippen molar-refractivity contribution < 1.29 is 19.0 Å². The van der Waals surface area contributed by atoms with Gasteiger partial charge in [-0.2, -0.15) is 9.97 Å². The molecule has 2 unspecified atom stereocenters. The fourth-order valence-electron chi connectivity index (χ4n) is 6.66. The number of ether oxygens (including phenoxy) is 3. The number of carbonyl (C=O) groups excluding carboxylic acids is 1. The minimum atomic E-state index is -0.412. The average molecular weight is 635 g/mol. The maximum absolute atomic E-state index is 13.2. The number of nitrogens with zero attached hydrogens (tertiary/aromatic N) is 6. The summed E-state index contributed by atoms with van der Waals surface area (Å²) < 4.78 is 18.5. The van der Waals surface area contributed by atoms with Gasteiger partial charge >= 0.3 is 12.1 Å². The topological polar surface area (TPSA) is 84.6 Å². The number of aromatic nitrogens is 2. The molecule has 0 bridgehead atoms. The lowest BCUT2D eigenvalue weighted by molar-refractivity contribution is 0.0262. The Morgan fingerprint density at radius 3 is 2.64 bits per heavy atom. The zero-order valence-electron chi connectivity index (χ0n) is 27.6. The Labute approximate surface area is 276 Å². The molecule has 10 nitrogen and oxygen atoms in total. The van der Waals surface area contributed by atoms with Crippen LogP contribution >= 0.6 is 0 Å². The van der Waals surface area contributed by atoms with Gasteiger partial charge in [-0.05, 0) is 55.4 Å². The minimum Gasteiger partial charge on any atom is -0.459 e. The van der Waals surface area contributed by atoms with Gasteiger partial charge in [0.15, 0.2) is 0 Å². The molecule has 1 amide bonds. The second kappa shape index (κ2) is 14.4. The summed E-state index contributed by atoms with van der Waals surface area (Å²) in [7, 11) is 4.02. The molecule has 4 aromatic rings. The molecule has 0 saturated carbocycles. The van der Waals surface area contributed by atoms with E-state index in [4.69, 9.17) is 30.8 Å². The monoisotopic (exact) mass is 634 g/mol. The summed E-state index contributed by atoms with van der Waals surface area (Å²) in [4.78, 5) is 32.7. The van der Waals surface area contributed by atoms with Crippen LogP contribution in [0.5, 0.6) is 6.01 Å². The number of piperazine rings is 1. The van der Waals surface area contributed by atoms with E-state index in [-0.39, 0.29) is 31.4 Å². The lowest BCUT2D eigenvalue weighted by Crippen LogP contribution is -2.57. The molecule has 1 aromatic heterocycles. The van der Waals surface area contributed by atoms with Crippen LogP contribution in [0.2, 0.25) is 0 Å². The third kappa shape index (κ3) is 7.32. The van der Waals surface area contributed by atoms with Crippen molar-refractivity contribution in [3.8, 4) is 6.01 Å². The van der Waals surface area contributed by atoms with Gasteiger partial charge in [0.2, 0.25) is 6.54 Å². The van der Waals surface area contributed by atoms with Gasteiger partial charge < -0.3 is 28.9 Å². The smallest absolute Gasteiger partial charge is 0.410 e. The van der Waals surface area contributed by atoms with E-state index in [1.807, 2.05) is 51.4 Å². The average Bonchev–Trinajstić information content (AvgIpc) is 3.06. The second-order valence-corrected chi connectivity index (χ2v) is 12.6. The summed E-state index contributed by atoms with van der Waals surface area (Å²) in [6.45, 7) is 14.5. The Balaban J connectivity index is 1.28. The van der Waals surface area contributed by atoms with Crippen LogP contribution in [-0.4, -0.2) is 84.8 Å². The van der Waals surface area contributed by atoms with Crippen LogP contribution in [0.3, 0.4) is 0 Å². The number of benzene rings is 3. The number of fused-ring (bicyclic) bond motifs is 2. The molecule has 3 heterocycles. The fraction of sp³-hybridized carbons (Fsp3) is 0.405. The maximum atomic E-state index is 13.2. The Morgan fingerprint density at radius 1 is 1.09 bits per heavy atom. The molecule has 0 aliphatic carbocycles. The largest absolute Gasteiger partial charge is 0.459 e. The summed E-state index contributed by atoms with van der Waals surface area (Å²) in [5.74, 6) is 0.738. The van der Waals surface area contributed by atoms with Gasteiger partial charge in [0.05, 0.1) is 18.4 Å². The third-order valence-corrected chi connectivity index (χ3v) is 8.80. The lowest BCUT2D eigenvalue weighted by Gasteiger charge is -2.40. The van der Waals surface area contributed by atoms with Gasteiger partial charge in [-0.15, -0.1) is 0 Å². The molecular formula is C37H42N6O4. The molecule has 6 rings (SSSR count). The molecule has 0 spiro atoms. The highest BCUT2D eigenvalue weighted by Crippen LogP contribution is 2.38. The lowest BCUT2D eigenvalue weighted by atomic mass is 9.92. The first-order valence-electron chi connectivity index (χ1n) is 16.2. The molecule has 47 heavy (non-hydrogen) atoms. The first-order valence-corrected chi connectivity index (χ1v) is 16.2. The summed E-state index contributed by atoms with van der Waals surface area (Å²) in [6.07, 6.45) is -0.134. The molecule has 1 fully saturated rings. The van der Waals surface area contributed by atoms with Gasteiger partial charge in [0.25, 0.3) is 0 Å². The zero-order chi connectivity index (χ0) is 32.9. The van der Waals surface area contributed by atoms with Crippen molar-refractivity contribution in [3.63, 3.8) is 0 Å². The van der Waals surface area contributed by atoms with E-state index >= 15 is 0 Å². The highest BCUT2D eigenvalue weighted by molar-refractivity contribution is 5.89. The Bertz CT molecular complexity index is 1750. The summed E-state index contributed by atoms with van der Waals surface area (Å²) >= 11 is 0. The maximum Gasteiger partial charge on any atom is 0.410 e. The van der Waals surface area contributed by atoms with Crippen LogP contribution < -0.4 is 9.64 Å². The number of anilines is 1. The van der Waals surface area contributed by atoms with Crippen molar-refractivity contribution in [3.05, 3.63) is 106 Å². The minimum absolute atomic E-state index is 0.127. The van der Waals surface area contributed by atoms with E-state index in [0.29, 0.717) is 45.2 Å². The van der Waals surface area contributed by atoms with Gasteiger partial charge in [0, 0.05) is 38.2 Å². The number of carbonyl (C=O) groups is 1. The molecule has 244 valence electrons. The third-order valence-electron chi connectivity index (χ3n) is 8.80. The normalized spacial score (nSPS) is 18.5. The quantitative estimate of drug-likeness (QED) is 0.213. The van der Waals surface area contributed by atoms with Crippen LogP contribution in [0, 0.1) is 13.5 Å². The molecular weight excluding hydrogens is 592 g/mol. The van der Waals surface area contributed by atoms with E-state index < -0.39 is 6.09 Å². The number of amides is 1. The van der Waals surface area contributed by atoms with Crippen LogP contribution in [0.4, 0.5) is 10.6 Å². The van der Waals surface area contributed by atoms with E-state index in [0.717, 1.165) is 28.2 Å². The highest BCUT2D eigenvalue weighted by Gasteiger charge is 2.37. The first-order chi connectivity index (χ1) is 22.8. The van der Waals surface area contributed by atoms with E-state index in [2.05, 4.69) is 58.0 Å². The van der Waals surface area contributed by atoms with Crippen molar-refractivity contribution in [1.29, 1.82) is 0 Å². The zero-order valence-corrected chi connectivity index (χ0v) is 27.6. The van der Waals surface area contributed by atoms with Gasteiger partial charge in [-0.1, -0.05) is 66.7 Å². The fourth-order valence-corrected chi connectivity index (χ4v) is 6.66. The standard InChI is InChI=1S/C37H42N6O4/c1-25-11-9-14-28-15-10-16-30(34(25)28)33-19-32-31(24-45-33)35(40-36(39-32)47-26(2)21-41(4)5)42-17-18-43(29(22-42)20-38-3)37(44)46-23-27-12-7-6-8-13-27/h6-16,26,29,33H,17-24H2,1-2,4-5H3/t26?,29-,33?/m0/s1. The van der Waals surface area contributed by atoms with Crippen LogP contribution in [0.25, 0.3) is 15.6 Å². The number of hydrogen-bond acceptors (Lipinski definition) is 8. The predicted octanol–water partition coefficient (Wildman–Crippen LogP) is 5.83. The van der Waals surface area contributed by atoms with Gasteiger partial charge in [-0.3, -0.25) is 4.90 Å². The van der Waals surface area contributed by atoms with Gasteiger partial charge in [-0.25, -0.2) is 11.4 Å². The molecule has 10 heteroatoms. The number of aryl methyl sites for hydroxylation is 1. The van der Waals surface area contributed by atoms with Gasteiger partial charge in [0.1, 0.15) is 24.6 Å². The molecule has 0 N–H and O–H groups in total. The van der Waals surface area contributed by atoms with Crippen molar-refractivity contribution in [2.45, 2.75) is 51.7 Å². The molecule has 3 atom stereocenters. The summed E-state index contributed by atoms with van der Waals surface area (Å²) in [6, 6.07) is 22.3. The van der Waals surface area contributed by atoms with E-state index in [1.54, 1.807) is 4.90 Å². The number of hydrogen-bond donors (Lipinski definition) is 0. The van der Waals surface area contributed by atoms with Crippen molar-refractivity contribution in [1.82, 2.24) is 19.8 Å². The second-order valence-electron chi connectivity index (χ2n) is 12.6. The Hall–Kier alpha value is -4.72. The first kappa shape index (κ1) is 32.2. The Kier molecular flexibility index (Phi) is 9.85. The van der Waals surface area contributed by atoms with Crippen molar-refractivity contribution in [2.75, 3.05) is 51.7 Å². The number of rotatable bonds is 9. The van der Waals surface area contributed by atoms with Crippen LogP contribution in [0.1, 0.15) is 41.0 Å². The van der Waals surface area contributed by atoms with E-state index in [1.165, 1.54) is 16.3 Å². The molecule has 2 aliphatic rings. The Morgan fingerprint density at radius 2 is 1.87 bits per heavy atom. The summed E-state index contributed by atoms with van der Waals surface area (Å²) in [5, 5.41) is 2.40. The number of likely N-dealkylation sites (N-methyl/N-ethyl adjacent to an activating group) is 1. The SMILES string of the molecule is [C-]#[N+]C[C@H]1CN(c2nc(OC(C)CN(C)C)nc3c2COC(c2cccc4cccc(C)c24)C3)CCN1C(=O)OCc1ccccc1. The van der Waals surface area contributed by atoms with Crippen molar-refractivity contribution in [2.24, 2.45) is 0 Å².